The van der Waals surface area contributed by atoms with Gasteiger partial charge in [0.2, 0.25) is 5.91 Å². The molecule has 0 aliphatic carbocycles. The van der Waals surface area contributed by atoms with Gasteiger partial charge < -0.3 is 5.32 Å². The summed E-state index contributed by atoms with van der Waals surface area (Å²) in [4.78, 5) is 24.1. The first kappa shape index (κ1) is 18.8. The minimum absolute atomic E-state index is 0.0203. The molecule has 1 atom stereocenters. The summed E-state index contributed by atoms with van der Waals surface area (Å²) in [5.41, 5.74) is -0.280. The molecule has 2 N–H and O–H groups in total. The average molecular weight is 359 g/mol. The summed E-state index contributed by atoms with van der Waals surface area (Å²) < 4.78 is 1.49. The predicted octanol–water partition coefficient (Wildman–Crippen LogP) is 1.77. The average Bonchev–Trinajstić information content (AvgIpc) is 2.94. The Hall–Kier alpha value is -2.53. The summed E-state index contributed by atoms with van der Waals surface area (Å²) >= 11 is 1.16. The number of hydrogen-bond donors (Lipinski definition) is 2. The maximum Gasteiger partial charge on any atom is 0.344 e. The molecule has 25 heavy (non-hydrogen) atoms. The number of rotatable bonds is 7. The number of thioether (sulfide) groups is 1. The summed E-state index contributed by atoms with van der Waals surface area (Å²) in [5, 5.41) is 18.8. The van der Waals surface area contributed by atoms with Gasteiger partial charge in [-0.1, -0.05) is 55.9 Å². The molecule has 132 valence electrons. The second-order valence-electron chi connectivity index (χ2n) is 6.19. The third kappa shape index (κ3) is 4.73. The fourth-order valence-electron chi connectivity index (χ4n) is 2.08. The van der Waals surface area contributed by atoms with Gasteiger partial charge >= 0.3 is 5.69 Å². The van der Waals surface area contributed by atoms with Crippen LogP contribution in [0.3, 0.4) is 0 Å². The molecule has 2 rings (SSSR count). The van der Waals surface area contributed by atoms with Gasteiger partial charge in [0.25, 0.3) is 0 Å². The molecule has 2 aromatic rings. The van der Waals surface area contributed by atoms with Gasteiger partial charge in [-0.2, -0.15) is 5.26 Å². The van der Waals surface area contributed by atoms with Crippen molar-refractivity contribution in [3.63, 3.8) is 0 Å². The first-order valence-electron chi connectivity index (χ1n) is 7.90. The number of hydrogen-bond acceptors (Lipinski definition) is 5. The predicted molar refractivity (Wildman–Crippen MR) is 96.1 cm³/mol. The zero-order valence-electron chi connectivity index (χ0n) is 14.4. The van der Waals surface area contributed by atoms with Crippen molar-refractivity contribution >= 4 is 17.7 Å². The highest BCUT2D eigenvalue weighted by atomic mass is 32.2. The topological polar surface area (TPSA) is 104 Å². The fraction of sp³-hybridized carbons (Fsp3) is 0.412. The highest BCUT2D eigenvalue weighted by Crippen LogP contribution is 2.18. The summed E-state index contributed by atoms with van der Waals surface area (Å²) in [7, 11) is 0. The lowest BCUT2D eigenvalue weighted by atomic mass is 9.90. The van der Waals surface area contributed by atoms with E-state index in [1.54, 1.807) is 6.92 Å². The van der Waals surface area contributed by atoms with Crippen LogP contribution in [0.1, 0.15) is 26.3 Å². The standard InChI is InChI=1S/C17H21N5O2S/c1-12(2)17(3,11-18)19-14(23)10-25-16-21-20-15(24)22(16)9-13-7-5-4-6-8-13/h4-8,12H,9-10H2,1-3H3,(H,19,23)(H,20,24)/t17-/m1/s1. The second kappa shape index (κ2) is 8.03. The molecule has 0 bridgehead atoms. The van der Waals surface area contributed by atoms with Crippen LogP contribution >= 0.6 is 11.8 Å². The number of carbonyl (C=O) groups excluding carboxylic acids is 1. The number of nitrogens with zero attached hydrogens (tertiary/aromatic N) is 3. The first-order chi connectivity index (χ1) is 11.9. The molecular weight excluding hydrogens is 338 g/mol. The SMILES string of the molecule is CC(C)[C@@](C)(C#N)NC(=O)CSc1n[nH]c(=O)n1Cc1ccccc1. The van der Waals surface area contributed by atoms with Gasteiger partial charge in [0.15, 0.2) is 5.16 Å². The number of nitrogens with one attached hydrogen (secondary N) is 2. The third-order valence-electron chi connectivity index (χ3n) is 4.03. The van der Waals surface area contributed by atoms with E-state index in [0.29, 0.717) is 11.7 Å². The first-order valence-corrected chi connectivity index (χ1v) is 8.88. The molecule has 1 heterocycles. The maximum absolute atomic E-state index is 12.2. The van der Waals surface area contributed by atoms with E-state index in [9.17, 15) is 14.9 Å². The number of nitriles is 1. The van der Waals surface area contributed by atoms with Gasteiger partial charge in [-0.15, -0.1) is 5.10 Å². The van der Waals surface area contributed by atoms with E-state index < -0.39 is 5.54 Å². The van der Waals surface area contributed by atoms with Crippen LogP contribution in [0.2, 0.25) is 0 Å². The Bertz CT molecular complexity index is 822. The smallest absolute Gasteiger partial charge is 0.337 e. The lowest BCUT2D eigenvalue weighted by molar-refractivity contribution is -0.120. The molecule has 7 nitrogen and oxygen atoms in total. The van der Waals surface area contributed by atoms with Crippen molar-refractivity contribution in [1.29, 1.82) is 5.26 Å². The number of H-pyrrole nitrogens is 1. The molecule has 0 fully saturated rings. The maximum atomic E-state index is 12.2. The lowest BCUT2D eigenvalue weighted by Gasteiger charge is -2.27. The molecule has 0 saturated carbocycles. The van der Waals surface area contributed by atoms with E-state index in [2.05, 4.69) is 21.6 Å². The van der Waals surface area contributed by atoms with E-state index >= 15 is 0 Å². The Balaban J connectivity index is 2.03. The normalized spacial score (nSPS) is 13.2. The minimum Gasteiger partial charge on any atom is -0.337 e. The van der Waals surface area contributed by atoms with Gasteiger partial charge in [0, 0.05) is 0 Å². The minimum atomic E-state index is -0.924. The van der Waals surface area contributed by atoms with Crippen molar-refractivity contribution in [2.24, 2.45) is 5.92 Å². The van der Waals surface area contributed by atoms with E-state index in [0.717, 1.165) is 17.3 Å². The Morgan fingerprint density at radius 3 is 2.72 bits per heavy atom. The van der Waals surface area contributed by atoms with Crippen molar-refractivity contribution in [2.75, 3.05) is 5.75 Å². The molecule has 1 aromatic heterocycles. The molecule has 0 radical (unpaired) electrons. The van der Waals surface area contributed by atoms with E-state index in [1.807, 2.05) is 44.2 Å². The second-order valence-corrected chi connectivity index (χ2v) is 7.13. The van der Waals surface area contributed by atoms with Crippen molar-refractivity contribution in [3.8, 4) is 6.07 Å². The number of amides is 1. The van der Waals surface area contributed by atoms with Crippen LogP contribution in [-0.2, 0) is 11.3 Å². The summed E-state index contributed by atoms with van der Waals surface area (Å²) in [6.07, 6.45) is 0. The highest BCUT2D eigenvalue weighted by molar-refractivity contribution is 7.99. The molecule has 1 aromatic carbocycles. The van der Waals surface area contributed by atoms with Gasteiger partial charge in [0.1, 0.15) is 5.54 Å². The number of aromatic amines is 1. The number of benzene rings is 1. The molecule has 1 amide bonds. The van der Waals surface area contributed by atoms with Crippen LogP contribution in [0.4, 0.5) is 0 Å². The molecule has 0 unspecified atom stereocenters. The Labute approximate surface area is 150 Å². The molecule has 8 heteroatoms. The molecule has 0 aliphatic rings. The zero-order valence-corrected chi connectivity index (χ0v) is 15.3. The van der Waals surface area contributed by atoms with Crippen LogP contribution in [0, 0.1) is 17.2 Å². The summed E-state index contributed by atoms with van der Waals surface area (Å²) in [6.45, 7) is 5.83. The van der Waals surface area contributed by atoms with Crippen LogP contribution in [0.25, 0.3) is 0 Å². The number of carbonyl (C=O) groups is 1. The molecule has 0 aliphatic heterocycles. The monoisotopic (exact) mass is 359 g/mol. The molecule has 0 spiro atoms. The molecule has 0 saturated heterocycles. The number of aromatic nitrogens is 3. The fourth-order valence-corrected chi connectivity index (χ4v) is 2.82. The van der Waals surface area contributed by atoms with Crippen LogP contribution in [0.15, 0.2) is 40.3 Å². The Morgan fingerprint density at radius 2 is 2.12 bits per heavy atom. The van der Waals surface area contributed by atoms with Gasteiger partial charge in [0.05, 0.1) is 18.4 Å². The largest absolute Gasteiger partial charge is 0.344 e. The van der Waals surface area contributed by atoms with Crippen molar-refractivity contribution in [3.05, 3.63) is 46.4 Å². The Morgan fingerprint density at radius 1 is 1.44 bits per heavy atom. The van der Waals surface area contributed by atoms with Crippen molar-refractivity contribution in [1.82, 2.24) is 20.1 Å². The zero-order chi connectivity index (χ0) is 18.4. The van der Waals surface area contributed by atoms with Gasteiger partial charge in [-0.3, -0.25) is 9.36 Å². The van der Waals surface area contributed by atoms with Gasteiger partial charge in [-0.25, -0.2) is 9.89 Å². The van der Waals surface area contributed by atoms with Crippen LogP contribution < -0.4 is 11.0 Å². The van der Waals surface area contributed by atoms with Crippen LogP contribution in [-0.4, -0.2) is 32.0 Å². The Kier molecular flexibility index (Phi) is 6.04. The van der Waals surface area contributed by atoms with Gasteiger partial charge in [-0.05, 0) is 18.4 Å². The van der Waals surface area contributed by atoms with E-state index in [-0.39, 0.29) is 23.3 Å². The quantitative estimate of drug-likeness (QED) is 0.733. The third-order valence-corrected chi connectivity index (χ3v) is 5.00. The van der Waals surface area contributed by atoms with Crippen molar-refractivity contribution in [2.45, 2.75) is 38.0 Å². The summed E-state index contributed by atoms with van der Waals surface area (Å²) in [6, 6.07) is 11.7. The van der Waals surface area contributed by atoms with E-state index in [1.165, 1.54) is 4.57 Å². The van der Waals surface area contributed by atoms with Crippen LogP contribution in [0.5, 0.6) is 0 Å². The highest BCUT2D eigenvalue weighted by Gasteiger charge is 2.30. The molecular formula is C17H21N5O2S. The summed E-state index contributed by atoms with van der Waals surface area (Å²) in [5.74, 6) is -0.221. The lowest BCUT2D eigenvalue weighted by Crippen LogP contribution is -2.49. The van der Waals surface area contributed by atoms with Crippen molar-refractivity contribution < 1.29 is 4.79 Å². The van der Waals surface area contributed by atoms with E-state index in [4.69, 9.17) is 0 Å².